The maximum absolute atomic E-state index is 5.10. The van der Waals surface area contributed by atoms with Crippen molar-refractivity contribution in [1.82, 2.24) is 0 Å². The van der Waals surface area contributed by atoms with Crippen LogP contribution in [0, 0.1) is 6.08 Å². The second kappa shape index (κ2) is 3.67. The molecule has 1 aromatic carbocycles. The second-order valence-electron chi connectivity index (χ2n) is 2.97. The van der Waals surface area contributed by atoms with Crippen molar-refractivity contribution < 1.29 is 0 Å². The Bertz CT molecular complexity index is 371. The summed E-state index contributed by atoms with van der Waals surface area (Å²) in [6, 6.07) is 10.3. The van der Waals surface area contributed by atoms with Gasteiger partial charge in [0.15, 0.2) is 0 Å². The first-order chi connectivity index (χ1) is 6.36. The van der Waals surface area contributed by atoms with E-state index in [0.717, 1.165) is 11.3 Å². The molecule has 1 aliphatic carbocycles. The second-order valence-corrected chi connectivity index (χ2v) is 3.46. The molecule has 2 rings (SSSR count). The number of hydrogen-bond donors (Lipinski definition) is 0. The first-order valence-electron chi connectivity index (χ1n) is 4.23. The molecule has 0 bridgehead atoms. The maximum Gasteiger partial charge on any atom is 0.0274 e. The van der Waals surface area contributed by atoms with E-state index in [1.165, 1.54) is 11.1 Å². The zero-order chi connectivity index (χ0) is 9.10. The largest absolute Gasteiger partial charge is 0.0839 e. The van der Waals surface area contributed by atoms with Gasteiger partial charge >= 0.3 is 0 Å². The van der Waals surface area contributed by atoms with Crippen LogP contribution in [0.3, 0.4) is 0 Å². The first-order valence-corrected chi connectivity index (χ1v) is 4.64. The van der Waals surface area contributed by atoms with Crippen LogP contribution in [0.5, 0.6) is 0 Å². The Morgan fingerprint density at radius 1 is 1.15 bits per heavy atom. The summed E-state index contributed by atoms with van der Waals surface area (Å²) >= 11 is 5.10. The summed E-state index contributed by atoms with van der Waals surface area (Å²) in [5, 5.41) is 0. The molecular weight excluding hydrogens is 176 g/mol. The number of thiocarbonyl (C=S) groups is 1. The van der Waals surface area contributed by atoms with Crippen LogP contribution in [0.1, 0.15) is 12.0 Å². The fourth-order valence-electron chi connectivity index (χ4n) is 1.37. The quantitative estimate of drug-likeness (QED) is 0.605. The Balaban J connectivity index is 2.33. The van der Waals surface area contributed by atoms with Crippen LogP contribution in [0.4, 0.5) is 0 Å². The van der Waals surface area contributed by atoms with E-state index in [1.54, 1.807) is 0 Å². The molecule has 1 aliphatic rings. The van der Waals surface area contributed by atoms with Crippen molar-refractivity contribution in [3.05, 3.63) is 54.1 Å². The molecule has 0 aliphatic heterocycles. The van der Waals surface area contributed by atoms with Gasteiger partial charge in [0.1, 0.15) is 0 Å². The van der Waals surface area contributed by atoms with Crippen LogP contribution in [-0.2, 0) is 0 Å². The normalized spacial score (nSPS) is 15.7. The zero-order valence-electron chi connectivity index (χ0n) is 7.16. The van der Waals surface area contributed by atoms with Crippen molar-refractivity contribution in [2.45, 2.75) is 6.42 Å². The SMILES string of the molecule is S=C1[C]=CC=C(c2ccccc2)C1. The van der Waals surface area contributed by atoms with E-state index >= 15 is 0 Å². The summed E-state index contributed by atoms with van der Waals surface area (Å²) < 4.78 is 0. The van der Waals surface area contributed by atoms with Gasteiger partial charge in [-0.15, -0.1) is 0 Å². The lowest BCUT2D eigenvalue weighted by molar-refractivity contribution is 1.46. The van der Waals surface area contributed by atoms with Crippen LogP contribution in [0.2, 0.25) is 0 Å². The van der Waals surface area contributed by atoms with Crippen molar-refractivity contribution in [2.75, 3.05) is 0 Å². The molecule has 0 spiro atoms. The fourth-order valence-corrected chi connectivity index (χ4v) is 1.59. The van der Waals surface area contributed by atoms with E-state index in [-0.39, 0.29) is 0 Å². The lowest BCUT2D eigenvalue weighted by Crippen LogP contribution is -1.97. The van der Waals surface area contributed by atoms with Crippen molar-refractivity contribution in [1.29, 1.82) is 0 Å². The van der Waals surface area contributed by atoms with Crippen LogP contribution >= 0.6 is 12.2 Å². The highest BCUT2D eigenvalue weighted by molar-refractivity contribution is 7.80. The third kappa shape index (κ3) is 1.93. The molecule has 0 N–H and O–H groups in total. The third-order valence-corrected chi connectivity index (χ3v) is 2.29. The molecule has 0 heterocycles. The van der Waals surface area contributed by atoms with Gasteiger partial charge < -0.3 is 0 Å². The van der Waals surface area contributed by atoms with E-state index < -0.39 is 0 Å². The average molecular weight is 185 g/mol. The van der Waals surface area contributed by atoms with Crippen molar-refractivity contribution in [3.8, 4) is 0 Å². The highest BCUT2D eigenvalue weighted by atomic mass is 32.1. The van der Waals surface area contributed by atoms with Gasteiger partial charge in [-0.2, -0.15) is 0 Å². The van der Waals surface area contributed by atoms with Crippen molar-refractivity contribution in [2.24, 2.45) is 0 Å². The fraction of sp³-hybridized carbons (Fsp3) is 0.0833. The van der Waals surface area contributed by atoms with Crippen LogP contribution in [-0.4, -0.2) is 4.86 Å². The third-order valence-electron chi connectivity index (χ3n) is 2.02. The molecule has 0 nitrogen and oxygen atoms in total. The van der Waals surface area contributed by atoms with E-state index in [2.05, 4.69) is 24.3 Å². The van der Waals surface area contributed by atoms with E-state index in [4.69, 9.17) is 12.2 Å². The molecule has 63 valence electrons. The van der Waals surface area contributed by atoms with Crippen LogP contribution in [0.15, 0.2) is 42.5 Å². The van der Waals surface area contributed by atoms with Gasteiger partial charge in [0.05, 0.1) is 0 Å². The van der Waals surface area contributed by atoms with Crippen molar-refractivity contribution >= 4 is 22.7 Å². The molecule has 0 unspecified atom stereocenters. The minimum absolute atomic E-state index is 0.843. The molecule has 0 saturated carbocycles. The summed E-state index contributed by atoms with van der Waals surface area (Å²) in [6.45, 7) is 0. The monoisotopic (exact) mass is 185 g/mol. The lowest BCUT2D eigenvalue weighted by Gasteiger charge is -2.08. The van der Waals surface area contributed by atoms with Crippen LogP contribution in [0.25, 0.3) is 5.57 Å². The molecular formula is C12H9S. The molecule has 1 heteroatoms. The molecule has 0 aromatic heterocycles. The van der Waals surface area contributed by atoms with E-state index in [1.807, 2.05) is 24.3 Å². The summed E-state index contributed by atoms with van der Waals surface area (Å²) in [7, 11) is 0. The molecule has 1 radical (unpaired) electrons. The predicted molar refractivity (Wildman–Crippen MR) is 59.4 cm³/mol. The average Bonchev–Trinajstić information content (AvgIpc) is 2.19. The molecule has 0 fully saturated rings. The Morgan fingerprint density at radius 3 is 2.62 bits per heavy atom. The van der Waals surface area contributed by atoms with Crippen molar-refractivity contribution in [3.63, 3.8) is 0 Å². The van der Waals surface area contributed by atoms with Gasteiger partial charge in [0.2, 0.25) is 0 Å². The molecule has 0 atom stereocenters. The Kier molecular flexibility index (Phi) is 2.37. The summed E-state index contributed by atoms with van der Waals surface area (Å²) in [6.07, 6.45) is 7.83. The molecule has 1 aromatic rings. The van der Waals surface area contributed by atoms with Gasteiger partial charge in [-0.05, 0) is 17.2 Å². The van der Waals surface area contributed by atoms with Gasteiger partial charge in [-0.25, -0.2) is 0 Å². The topological polar surface area (TPSA) is 0 Å². The molecule has 0 saturated heterocycles. The van der Waals surface area contributed by atoms with Gasteiger partial charge in [-0.3, -0.25) is 0 Å². The Labute approximate surface area is 83.6 Å². The standard InChI is InChI=1S/C12H9S/c13-12-8-4-7-11(9-12)10-5-2-1-3-6-10/h1-7H,9H2. The number of hydrogen-bond acceptors (Lipinski definition) is 1. The summed E-state index contributed by atoms with van der Waals surface area (Å²) in [5.74, 6) is 0. The minimum atomic E-state index is 0.843. The van der Waals surface area contributed by atoms with E-state index in [9.17, 15) is 0 Å². The lowest BCUT2D eigenvalue weighted by atomic mass is 9.97. The zero-order valence-corrected chi connectivity index (χ0v) is 7.97. The first kappa shape index (κ1) is 8.39. The predicted octanol–water partition coefficient (Wildman–Crippen LogP) is 3.20. The van der Waals surface area contributed by atoms with Crippen LogP contribution < -0.4 is 0 Å². The number of benzene rings is 1. The van der Waals surface area contributed by atoms with Gasteiger partial charge in [0, 0.05) is 11.3 Å². The highest BCUT2D eigenvalue weighted by Crippen LogP contribution is 2.21. The summed E-state index contributed by atoms with van der Waals surface area (Å²) in [5.41, 5.74) is 2.53. The Morgan fingerprint density at radius 2 is 1.92 bits per heavy atom. The van der Waals surface area contributed by atoms with Gasteiger partial charge in [0.25, 0.3) is 0 Å². The highest BCUT2D eigenvalue weighted by Gasteiger charge is 2.05. The number of rotatable bonds is 1. The minimum Gasteiger partial charge on any atom is -0.0839 e. The van der Waals surface area contributed by atoms with E-state index in [0.29, 0.717) is 0 Å². The molecule has 13 heavy (non-hydrogen) atoms. The number of allylic oxidation sites excluding steroid dienone is 4. The molecule has 0 amide bonds. The smallest absolute Gasteiger partial charge is 0.0274 e. The maximum atomic E-state index is 5.10. The Hall–Kier alpha value is -1.21. The van der Waals surface area contributed by atoms with Gasteiger partial charge in [-0.1, -0.05) is 54.7 Å². The summed E-state index contributed by atoms with van der Waals surface area (Å²) in [4.78, 5) is 0.890.